The molecule has 2 aromatic heterocycles. The molecule has 40 heavy (non-hydrogen) atoms. The number of likely N-dealkylation sites (N-methyl/N-ethyl adjacent to an activating group) is 1. The van der Waals surface area contributed by atoms with Crippen LogP contribution < -0.4 is 16.0 Å². The number of amides is 2. The van der Waals surface area contributed by atoms with Crippen LogP contribution >= 0.6 is 0 Å². The Morgan fingerprint density at radius 2 is 1.68 bits per heavy atom. The molecule has 0 spiro atoms. The van der Waals surface area contributed by atoms with E-state index in [1.807, 2.05) is 89.6 Å². The minimum atomic E-state index is -0.172. The molecule has 2 heterocycles. The van der Waals surface area contributed by atoms with Crippen LogP contribution in [0.15, 0.2) is 91.4 Å². The number of carbonyl (C=O) groups is 2. The molecule has 2 amide bonds. The van der Waals surface area contributed by atoms with Crippen LogP contribution in [0.3, 0.4) is 0 Å². The van der Waals surface area contributed by atoms with Crippen molar-refractivity contribution >= 4 is 34.7 Å². The highest BCUT2D eigenvalue weighted by molar-refractivity contribution is 6.04. The molecule has 202 valence electrons. The molecule has 8 heteroatoms. The SMILES string of the molecule is CNC(=O)Cc1cccc(Nc2nc(-c3cccc(NC(=O)c4ccc(C(C)(C)C)cc4)c3)cn3ccnc23)c1. The maximum atomic E-state index is 13.0. The van der Waals surface area contributed by atoms with Gasteiger partial charge in [0.1, 0.15) is 0 Å². The minimum absolute atomic E-state index is 0.0226. The van der Waals surface area contributed by atoms with Crippen LogP contribution in [0.4, 0.5) is 17.2 Å². The average molecular weight is 533 g/mol. The van der Waals surface area contributed by atoms with E-state index in [0.717, 1.165) is 16.8 Å². The van der Waals surface area contributed by atoms with Crippen molar-refractivity contribution in [1.29, 1.82) is 0 Å². The summed E-state index contributed by atoms with van der Waals surface area (Å²) < 4.78 is 1.90. The van der Waals surface area contributed by atoms with Gasteiger partial charge in [0.25, 0.3) is 5.91 Å². The lowest BCUT2D eigenvalue weighted by molar-refractivity contribution is -0.119. The van der Waals surface area contributed by atoms with E-state index in [2.05, 4.69) is 41.7 Å². The molecular weight excluding hydrogens is 500 g/mol. The maximum Gasteiger partial charge on any atom is 0.255 e. The van der Waals surface area contributed by atoms with E-state index in [4.69, 9.17) is 4.98 Å². The Balaban J connectivity index is 1.40. The Kier molecular flexibility index (Phi) is 7.33. The Bertz CT molecular complexity index is 1680. The van der Waals surface area contributed by atoms with Gasteiger partial charge >= 0.3 is 0 Å². The van der Waals surface area contributed by atoms with Gasteiger partial charge in [0.15, 0.2) is 11.5 Å². The van der Waals surface area contributed by atoms with Gasteiger partial charge in [-0.1, -0.05) is 57.2 Å². The summed E-state index contributed by atoms with van der Waals surface area (Å²) in [5.74, 6) is 0.351. The number of carbonyl (C=O) groups excluding carboxylic acids is 2. The molecule has 3 aromatic carbocycles. The number of fused-ring (bicyclic) bond motifs is 1. The second kappa shape index (κ2) is 11.0. The first-order valence-corrected chi connectivity index (χ1v) is 13.1. The highest BCUT2D eigenvalue weighted by Crippen LogP contribution is 2.27. The van der Waals surface area contributed by atoms with Crippen molar-refractivity contribution in [2.45, 2.75) is 32.6 Å². The highest BCUT2D eigenvalue weighted by atomic mass is 16.2. The lowest BCUT2D eigenvalue weighted by Crippen LogP contribution is -2.19. The van der Waals surface area contributed by atoms with Gasteiger partial charge in [-0.05, 0) is 52.9 Å². The van der Waals surface area contributed by atoms with Crippen molar-refractivity contribution in [3.05, 3.63) is 108 Å². The summed E-state index contributed by atoms with van der Waals surface area (Å²) in [6.07, 6.45) is 5.77. The number of imidazole rings is 1. The zero-order valence-electron chi connectivity index (χ0n) is 23.0. The number of anilines is 3. The minimum Gasteiger partial charge on any atom is -0.359 e. The summed E-state index contributed by atoms with van der Waals surface area (Å²) in [5, 5.41) is 9.02. The number of benzene rings is 3. The van der Waals surface area contributed by atoms with Crippen LogP contribution in [0.2, 0.25) is 0 Å². The first-order chi connectivity index (χ1) is 19.2. The predicted octanol–water partition coefficient (Wildman–Crippen LogP) is 5.98. The number of rotatable bonds is 7. The first-order valence-electron chi connectivity index (χ1n) is 13.1. The van der Waals surface area contributed by atoms with Gasteiger partial charge in [-0.3, -0.25) is 9.59 Å². The molecule has 0 aliphatic rings. The van der Waals surface area contributed by atoms with Crippen LogP contribution in [0.25, 0.3) is 16.9 Å². The molecule has 0 fully saturated rings. The molecule has 0 saturated heterocycles. The van der Waals surface area contributed by atoms with E-state index in [1.165, 1.54) is 5.56 Å². The van der Waals surface area contributed by atoms with Crippen LogP contribution in [-0.4, -0.2) is 33.2 Å². The normalized spacial score (nSPS) is 11.3. The highest BCUT2D eigenvalue weighted by Gasteiger charge is 2.15. The molecule has 3 N–H and O–H groups in total. The van der Waals surface area contributed by atoms with Gasteiger partial charge in [0, 0.05) is 48.1 Å². The molecule has 0 saturated carbocycles. The van der Waals surface area contributed by atoms with Crippen LogP contribution in [-0.2, 0) is 16.6 Å². The quantitative estimate of drug-likeness (QED) is 0.240. The van der Waals surface area contributed by atoms with Gasteiger partial charge in [0.2, 0.25) is 5.91 Å². The van der Waals surface area contributed by atoms with E-state index in [9.17, 15) is 9.59 Å². The monoisotopic (exact) mass is 532 g/mol. The third kappa shape index (κ3) is 6.02. The Hall–Kier alpha value is -4.98. The summed E-state index contributed by atoms with van der Waals surface area (Å²) in [6, 6.07) is 23.0. The van der Waals surface area contributed by atoms with Gasteiger partial charge in [-0.25, -0.2) is 9.97 Å². The number of nitrogens with zero attached hydrogens (tertiary/aromatic N) is 3. The molecule has 0 bridgehead atoms. The zero-order valence-corrected chi connectivity index (χ0v) is 23.0. The van der Waals surface area contributed by atoms with Crippen LogP contribution in [0.1, 0.15) is 42.3 Å². The summed E-state index contributed by atoms with van der Waals surface area (Å²) in [7, 11) is 1.62. The van der Waals surface area contributed by atoms with Crippen LogP contribution in [0.5, 0.6) is 0 Å². The fourth-order valence-corrected chi connectivity index (χ4v) is 4.41. The van der Waals surface area contributed by atoms with E-state index in [1.54, 1.807) is 13.2 Å². The van der Waals surface area contributed by atoms with Gasteiger partial charge in [0.05, 0.1) is 12.1 Å². The molecule has 0 radical (unpaired) electrons. The topological polar surface area (TPSA) is 100 Å². The lowest BCUT2D eigenvalue weighted by Gasteiger charge is -2.19. The van der Waals surface area contributed by atoms with E-state index >= 15 is 0 Å². The molecule has 0 aliphatic heterocycles. The summed E-state index contributed by atoms with van der Waals surface area (Å²) in [6.45, 7) is 6.44. The van der Waals surface area contributed by atoms with Crippen molar-refractivity contribution in [2.24, 2.45) is 0 Å². The van der Waals surface area contributed by atoms with Crippen molar-refractivity contribution < 1.29 is 9.59 Å². The summed E-state index contributed by atoms with van der Waals surface area (Å²) in [5.41, 5.74) is 6.37. The smallest absolute Gasteiger partial charge is 0.255 e. The molecule has 5 aromatic rings. The molecular formula is C32H32N6O2. The third-order valence-electron chi connectivity index (χ3n) is 6.64. The summed E-state index contributed by atoms with van der Waals surface area (Å²) in [4.78, 5) is 34.1. The van der Waals surface area contributed by atoms with Gasteiger partial charge < -0.3 is 20.4 Å². The Labute approximate surface area is 233 Å². The predicted molar refractivity (Wildman–Crippen MR) is 159 cm³/mol. The fraction of sp³-hybridized carbons (Fsp3) is 0.188. The molecule has 8 nitrogen and oxygen atoms in total. The standard InChI is InChI=1S/C32H32N6O2/c1-32(2,3)24-13-11-22(12-14-24)31(40)36-26-10-6-8-23(19-26)27-20-38-16-15-34-30(38)29(37-27)35-25-9-5-7-21(17-25)18-28(39)33-4/h5-17,19-20H,18H2,1-4H3,(H,33,39)(H,35,37)(H,36,40). The molecule has 5 rings (SSSR count). The van der Waals surface area contributed by atoms with E-state index in [-0.39, 0.29) is 23.7 Å². The fourth-order valence-electron chi connectivity index (χ4n) is 4.41. The van der Waals surface area contributed by atoms with Gasteiger partial charge in [-0.15, -0.1) is 0 Å². The second-order valence-corrected chi connectivity index (χ2v) is 10.7. The maximum absolute atomic E-state index is 13.0. The van der Waals surface area contributed by atoms with Crippen LogP contribution in [0, 0.1) is 0 Å². The second-order valence-electron chi connectivity index (χ2n) is 10.7. The Morgan fingerprint density at radius 3 is 2.42 bits per heavy atom. The van der Waals surface area contributed by atoms with Gasteiger partial charge in [-0.2, -0.15) is 0 Å². The number of nitrogens with one attached hydrogen (secondary N) is 3. The van der Waals surface area contributed by atoms with Crippen molar-refractivity contribution in [3.63, 3.8) is 0 Å². The van der Waals surface area contributed by atoms with Crippen molar-refractivity contribution in [1.82, 2.24) is 19.7 Å². The zero-order chi connectivity index (χ0) is 28.3. The molecule has 0 atom stereocenters. The first kappa shape index (κ1) is 26.6. The van der Waals surface area contributed by atoms with E-state index < -0.39 is 0 Å². The van der Waals surface area contributed by atoms with Crippen molar-refractivity contribution in [2.75, 3.05) is 17.7 Å². The number of hydrogen-bond acceptors (Lipinski definition) is 5. The van der Waals surface area contributed by atoms with E-state index in [0.29, 0.717) is 28.4 Å². The molecule has 0 unspecified atom stereocenters. The summed E-state index contributed by atoms with van der Waals surface area (Å²) >= 11 is 0. The Morgan fingerprint density at radius 1 is 0.925 bits per heavy atom. The lowest BCUT2D eigenvalue weighted by atomic mass is 9.87. The average Bonchev–Trinajstić information content (AvgIpc) is 3.42. The number of hydrogen-bond donors (Lipinski definition) is 3. The largest absolute Gasteiger partial charge is 0.359 e. The molecule has 0 aliphatic carbocycles. The third-order valence-corrected chi connectivity index (χ3v) is 6.64. The van der Waals surface area contributed by atoms with Crippen molar-refractivity contribution in [3.8, 4) is 11.3 Å². The number of aromatic nitrogens is 3.